The second-order valence-electron chi connectivity index (χ2n) is 5.54. The van der Waals surface area contributed by atoms with Crippen LogP contribution >= 0.6 is 35.8 Å². The summed E-state index contributed by atoms with van der Waals surface area (Å²) in [5.74, 6) is -0.270. The lowest BCUT2D eigenvalue weighted by Crippen LogP contribution is -2.49. The summed E-state index contributed by atoms with van der Waals surface area (Å²) in [6.07, 6.45) is 1.59. The standard InChI is InChI=1S/C17H21ClN4OS.ClH/c1-3-17(19,4-2)11-20-16(23)13-9-10-15(22-21-13)24-14-8-6-5-7-12(14)18;/h5-10H,3-4,11,19H2,1-2H3,(H,20,23);1H. The van der Waals surface area contributed by atoms with Crippen LogP contribution in [-0.2, 0) is 0 Å². The smallest absolute Gasteiger partial charge is 0.271 e. The van der Waals surface area contributed by atoms with Gasteiger partial charge in [-0.05, 0) is 37.1 Å². The van der Waals surface area contributed by atoms with Crippen LogP contribution < -0.4 is 11.1 Å². The third-order valence-corrected chi connectivity index (χ3v) is 5.38. The molecule has 0 saturated carbocycles. The predicted octanol–water partition coefficient (Wildman–Crippen LogP) is 3.95. The van der Waals surface area contributed by atoms with Crippen LogP contribution in [0, 0.1) is 0 Å². The van der Waals surface area contributed by atoms with Crippen molar-refractivity contribution in [2.45, 2.75) is 42.1 Å². The topological polar surface area (TPSA) is 80.9 Å². The van der Waals surface area contributed by atoms with Crippen LogP contribution in [0.1, 0.15) is 37.2 Å². The molecule has 5 nitrogen and oxygen atoms in total. The molecule has 0 aliphatic carbocycles. The molecular formula is C17H22Cl2N4OS. The van der Waals surface area contributed by atoms with E-state index in [-0.39, 0.29) is 29.5 Å². The summed E-state index contributed by atoms with van der Waals surface area (Å²) < 4.78 is 0. The minimum atomic E-state index is -0.386. The van der Waals surface area contributed by atoms with Crippen molar-refractivity contribution in [1.82, 2.24) is 15.5 Å². The number of carbonyl (C=O) groups excluding carboxylic acids is 1. The van der Waals surface area contributed by atoms with Gasteiger partial charge in [-0.15, -0.1) is 22.6 Å². The molecule has 3 N–H and O–H groups in total. The summed E-state index contributed by atoms with van der Waals surface area (Å²) in [4.78, 5) is 13.0. The van der Waals surface area contributed by atoms with Gasteiger partial charge < -0.3 is 11.1 Å². The van der Waals surface area contributed by atoms with Crippen molar-refractivity contribution in [3.05, 3.63) is 47.1 Å². The van der Waals surface area contributed by atoms with Crippen LogP contribution in [-0.4, -0.2) is 28.2 Å². The summed E-state index contributed by atoms with van der Waals surface area (Å²) in [6.45, 7) is 4.43. The van der Waals surface area contributed by atoms with E-state index in [0.29, 0.717) is 16.6 Å². The number of rotatable bonds is 7. The fourth-order valence-corrected chi connectivity index (χ4v) is 2.99. The van der Waals surface area contributed by atoms with E-state index in [2.05, 4.69) is 15.5 Å². The number of nitrogens with two attached hydrogens (primary N) is 1. The fraction of sp³-hybridized carbons (Fsp3) is 0.353. The summed E-state index contributed by atoms with van der Waals surface area (Å²) in [5, 5.41) is 12.2. The van der Waals surface area contributed by atoms with E-state index < -0.39 is 0 Å². The lowest BCUT2D eigenvalue weighted by Gasteiger charge is -2.26. The number of halogens is 2. The Labute approximate surface area is 163 Å². The largest absolute Gasteiger partial charge is 0.349 e. The minimum Gasteiger partial charge on any atom is -0.349 e. The zero-order chi connectivity index (χ0) is 17.6. The van der Waals surface area contributed by atoms with Crippen LogP contribution in [0.3, 0.4) is 0 Å². The molecule has 136 valence electrons. The van der Waals surface area contributed by atoms with Crippen molar-refractivity contribution in [2.75, 3.05) is 6.54 Å². The molecule has 0 atom stereocenters. The highest BCUT2D eigenvalue weighted by Crippen LogP contribution is 2.31. The molecule has 1 amide bonds. The first-order chi connectivity index (χ1) is 11.5. The second kappa shape index (κ2) is 9.97. The van der Waals surface area contributed by atoms with E-state index in [1.165, 1.54) is 11.8 Å². The average Bonchev–Trinajstić information content (AvgIpc) is 2.62. The Morgan fingerprint density at radius 3 is 2.44 bits per heavy atom. The Kier molecular flexibility index (Phi) is 8.65. The Bertz CT molecular complexity index is 693. The highest BCUT2D eigenvalue weighted by Gasteiger charge is 2.21. The minimum absolute atomic E-state index is 0. The van der Waals surface area contributed by atoms with Gasteiger partial charge in [-0.25, -0.2) is 0 Å². The maximum Gasteiger partial charge on any atom is 0.271 e. The highest BCUT2D eigenvalue weighted by molar-refractivity contribution is 7.99. The number of aromatic nitrogens is 2. The van der Waals surface area contributed by atoms with Crippen molar-refractivity contribution >= 4 is 41.7 Å². The van der Waals surface area contributed by atoms with Gasteiger partial charge in [0.2, 0.25) is 0 Å². The van der Waals surface area contributed by atoms with Crippen molar-refractivity contribution in [2.24, 2.45) is 5.73 Å². The number of nitrogens with one attached hydrogen (secondary N) is 1. The molecule has 1 aromatic heterocycles. The van der Waals surface area contributed by atoms with E-state index in [1.807, 2.05) is 38.1 Å². The van der Waals surface area contributed by atoms with Gasteiger partial charge in [0.15, 0.2) is 5.69 Å². The van der Waals surface area contributed by atoms with Crippen molar-refractivity contribution in [1.29, 1.82) is 0 Å². The molecule has 0 aliphatic heterocycles. The molecule has 0 spiro atoms. The first kappa shape index (κ1) is 21.7. The number of nitrogens with zero attached hydrogens (tertiary/aromatic N) is 2. The molecule has 2 rings (SSSR count). The predicted molar refractivity (Wildman–Crippen MR) is 105 cm³/mol. The third kappa shape index (κ3) is 6.15. The molecule has 25 heavy (non-hydrogen) atoms. The van der Waals surface area contributed by atoms with Crippen LogP contribution in [0.4, 0.5) is 0 Å². The van der Waals surface area contributed by atoms with E-state index in [4.69, 9.17) is 17.3 Å². The van der Waals surface area contributed by atoms with Crippen molar-refractivity contribution in [3.63, 3.8) is 0 Å². The summed E-state index contributed by atoms with van der Waals surface area (Å²) in [5.41, 5.74) is 6.07. The SMILES string of the molecule is CCC(N)(CC)CNC(=O)c1ccc(Sc2ccccc2Cl)nn1.Cl. The van der Waals surface area contributed by atoms with Gasteiger partial charge in [0, 0.05) is 17.0 Å². The molecule has 0 saturated heterocycles. The molecule has 2 aromatic rings. The first-order valence-electron chi connectivity index (χ1n) is 7.80. The second-order valence-corrected chi connectivity index (χ2v) is 7.01. The van der Waals surface area contributed by atoms with Gasteiger partial charge >= 0.3 is 0 Å². The lowest BCUT2D eigenvalue weighted by atomic mass is 9.94. The van der Waals surface area contributed by atoms with E-state index in [9.17, 15) is 4.79 Å². The molecule has 0 unspecified atom stereocenters. The number of hydrogen-bond acceptors (Lipinski definition) is 5. The molecule has 0 bridgehead atoms. The van der Waals surface area contributed by atoms with Crippen molar-refractivity contribution in [3.8, 4) is 0 Å². The van der Waals surface area contributed by atoms with E-state index in [0.717, 1.165) is 17.7 Å². The van der Waals surface area contributed by atoms with Crippen LogP contribution in [0.5, 0.6) is 0 Å². The quantitative estimate of drug-likeness (QED) is 0.734. The molecule has 1 heterocycles. The van der Waals surface area contributed by atoms with E-state index >= 15 is 0 Å². The molecule has 0 radical (unpaired) electrons. The Hall–Kier alpha value is -1.34. The maximum absolute atomic E-state index is 12.1. The van der Waals surface area contributed by atoms with Gasteiger partial charge in [0.1, 0.15) is 5.03 Å². The van der Waals surface area contributed by atoms with Gasteiger partial charge in [0.05, 0.1) is 5.02 Å². The summed E-state index contributed by atoms with van der Waals surface area (Å²) in [6, 6.07) is 10.9. The van der Waals surface area contributed by atoms with Crippen molar-refractivity contribution < 1.29 is 4.79 Å². The van der Waals surface area contributed by atoms with Crippen LogP contribution in [0.15, 0.2) is 46.3 Å². The van der Waals surface area contributed by atoms with E-state index in [1.54, 1.807) is 12.1 Å². The number of hydrogen-bond donors (Lipinski definition) is 2. The Balaban J connectivity index is 0.00000312. The monoisotopic (exact) mass is 400 g/mol. The summed E-state index contributed by atoms with van der Waals surface area (Å²) >= 11 is 7.52. The van der Waals surface area contributed by atoms with Gasteiger partial charge in [0.25, 0.3) is 5.91 Å². The Morgan fingerprint density at radius 1 is 1.20 bits per heavy atom. The van der Waals surface area contributed by atoms with Gasteiger partial charge in [-0.1, -0.05) is 49.3 Å². The molecule has 0 fully saturated rings. The molecule has 8 heteroatoms. The zero-order valence-corrected chi connectivity index (χ0v) is 16.5. The maximum atomic E-state index is 12.1. The number of amides is 1. The normalized spacial score (nSPS) is 10.9. The van der Waals surface area contributed by atoms with Crippen LogP contribution in [0.25, 0.3) is 0 Å². The average molecular weight is 401 g/mol. The first-order valence-corrected chi connectivity index (χ1v) is 9.00. The Morgan fingerprint density at radius 2 is 1.88 bits per heavy atom. The number of carbonyl (C=O) groups is 1. The fourth-order valence-electron chi connectivity index (χ4n) is 1.98. The summed E-state index contributed by atoms with van der Waals surface area (Å²) in [7, 11) is 0. The van der Waals surface area contributed by atoms with Crippen LogP contribution in [0.2, 0.25) is 5.02 Å². The third-order valence-electron chi connectivity index (χ3n) is 3.93. The molecule has 1 aromatic carbocycles. The molecular weight excluding hydrogens is 379 g/mol. The number of benzene rings is 1. The van der Waals surface area contributed by atoms with Gasteiger partial charge in [-0.2, -0.15) is 0 Å². The molecule has 0 aliphatic rings. The van der Waals surface area contributed by atoms with Gasteiger partial charge in [-0.3, -0.25) is 4.79 Å². The lowest BCUT2D eigenvalue weighted by molar-refractivity contribution is 0.0936. The highest BCUT2D eigenvalue weighted by atomic mass is 35.5. The zero-order valence-electron chi connectivity index (χ0n) is 14.2.